The third-order valence-corrected chi connectivity index (χ3v) is 6.45. The predicted octanol–water partition coefficient (Wildman–Crippen LogP) is 0.761. The Balaban J connectivity index is 1.21. The monoisotopic (exact) mass is 399 g/mol. The number of carbonyl (C=O) groups excluding carboxylic acids is 1. The molecule has 1 unspecified atom stereocenters. The fraction of sp³-hybridized carbons (Fsp3) is 0.700. The van der Waals surface area contributed by atoms with Crippen LogP contribution < -0.4 is 4.90 Å². The van der Waals surface area contributed by atoms with Crippen molar-refractivity contribution in [2.75, 3.05) is 57.3 Å². The van der Waals surface area contributed by atoms with Crippen LogP contribution in [0, 0.1) is 0 Å². The van der Waals surface area contributed by atoms with Gasteiger partial charge in [0.05, 0.1) is 12.7 Å². The van der Waals surface area contributed by atoms with Gasteiger partial charge in [-0.05, 0) is 44.5 Å². The Morgan fingerprint density at radius 2 is 1.97 bits per heavy atom. The third-order valence-electron chi connectivity index (χ3n) is 6.45. The average Bonchev–Trinajstić information content (AvgIpc) is 3.11. The zero-order valence-electron chi connectivity index (χ0n) is 17.0. The highest BCUT2D eigenvalue weighted by atomic mass is 16.5. The lowest BCUT2D eigenvalue weighted by Gasteiger charge is -2.37. The van der Waals surface area contributed by atoms with Crippen LogP contribution >= 0.6 is 0 Å². The van der Waals surface area contributed by atoms with Gasteiger partial charge in [0.25, 0.3) is 0 Å². The quantitative estimate of drug-likeness (QED) is 0.751. The van der Waals surface area contributed by atoms with Gasteiger partial charge >= 0.3 is 0 Å². The summed E-state index contributed by atoms with van der Waals surface area (Å²) in [5.74, 6) is 2.52. The topological polar surface area (TPSA) is 79.1 Å². The fourth-order valence-corrected chi connectivity index (χ4v) is 4.54. The first kappa shape index (κ1) is 18.7. The maximum atomic E-state index is 11.6. The van der Waals surface area contributed by atoms with E-state index in [0.29, 0.717) is 25.6 Å². The standard InChI is InChI=1S/C20H29N7O2/c1-15(28)26-11-12-29-17(14-26)13-24-9-5-16(6-10-24)20-22-21-18-3-4-19(23-27(18)20)25-7-2-8-25/h3-4,16-17H,2,5-14H2,1H3. The summed E-state index contributed by atoms with van der Waals surface area (Å²) in [6.45, 7) is 8.74. The smallest absolute Gasteiger partial charge is 0.219 e. The maximum absolute atomic E-state index is 11.6. The van der Waals surface area contributed by atoms with Gasteiger partial charge in [0.2, 0.25) is 5.91 Å². The summed E-state index contributed by atoms with van der Waals surface area (Å²) < 4.78 is 7.84. The molecule has 156 valence electrons. The molecule has 3 aliphatic heterocycles. The summed E-state index contributed by atoms with van der Waals surface area (Å²) >= 11 is 0. The molecular formula is C20H29N7O2. The number of fused-ring (bicyclic) bond motifs is 1. The first-order chi connectivity index (χ1) is 14.2. The Morgan fingerprint density at radius 3 is 2.69 bits per heavy atom. The number of likely N-dealkylation sites (tertiary alicyclic amines) is 1. The van der Waals surface area contributed by atoms with E-state index < -0.39 is 0 Å². The lowest BCUT2D eigenvalue weighted by atomic mass is 9.96. The largest absolute Gasteiger partial charge is 0.373 e. The van der Waals surface area contributed by atoms with Crippen LogP contribution in [0.2, 0.25) is 0 Å². The molecule has 5 rings (SSSR count). The van der Waals surface area contributed by atoms with Crippen molar-refractivity contribution in [1.82, 2.24) is 29.6 Å². The number of amides is 1. The minimum absolute atomic E-state index is 0.110. The Hall–Kier alpha value is -2.26. The molecule has 3 saturated heterocycles. The molecule has 0 bridgehead atoms. The molecule has 1 amide bonds. The molecule has 2 aromatic heterocycles. The van der Waals surface area contributed by atoms with Gasteiger partial charge in [0, 0.05) is 45.6 Å². The minimum Gasteiger partial charge on any atom is -0.373 e. The van der Waals surface area contributed by atoms with Crippen molar-refractivity contribution in [2.45, 2.75) is 38.2 Å². The molecule has 3 aliphatic rings. The number of piperidine rings is 1. The number of nitrogens with zero attached hydrogens (tertiary/aromatic N) is 7. The van der Waals surface area contributed by atoms with E-state index in [1.807, 2.05) is 21.5 Å². The second kappa shape index (κ2) is 7.87. The van der Waals surface area contributed by atoms with E-state index in [9.17, 15) is 4.79 Å². The van der Waals surface area contributed by atoms with Gasteiger partial charge in [-0.25, -0.2) is 0 Å². The highest BCUT2D eigenvalue weighted by Crippen LogP contribution is 2.28. The van der Waals surface area contributed by atoms with Crippen molar-refractivity contribution >= 4 is 17.4 Å². The summed E-state index contributed by atoms with van der Waals surface area (Å²) in [5, 5.41) is 13.6. The Morgan fingerprint density at radius 1 is 1.14 bits per heavy atom. The van der Waals surface area contributed by atoms with Gasteiger partial charge in [0.15, 0.2) is 11.5 Å². The molecule has 2 aromatic rings. The molecule has 1 atom stereocenters. The zero-order valence-corrected chi connectivity index (χ0v) is 17.0. The Kier molecular flexibility index (Phi) is 5.09. The second-order valence-electron chi connectivity index (χ2n) is 8.39. The normalized spacial score (nSPS) is 24.1. The molecule has 9 heteroatoms. The number of carbonyl (C=O) groups is 1. The van der Waals surface area contributed by atoms with Crippen molar-refractivity contribution < 1.29 is 9.53 Å². The number of hydrogen-bond acceptors (Lipinski definition) is 7. The first-order valence-electron chi connectivity index (χ1n) is 10.7. The summed E-state index contributed by atoms with van der Waals surface area (Å²) in [6.07, 6.45) is 3.43. The van der Waals surface area contributed by atoms with E-state index in [1.54, 1.807) is 6.92 Å². The summed E-state index contributed by atoms with van der Waals surface area (Å²) in [5.41, 5.74) is 0.826. The van der Waals surface area contributed by atoms with E-state index in [1.165, 1.54) is 6.42 Å². The van der Waals surface area contributed by atoms with Crippen LogP contribution in [0.5, 0.6) is 0 Å². The SMILES string of the molecule is CC(=O)N1CCOC(CN2CCC(c3nnc4ccc(N5CCC5)nn34)CC2)C1. The molecule has 0 spiro atoms. The van der Waals surface area contributed by atoms with Crippen molar-refractivity contribution in [2.24, 2.45) is 0 Å². The lowest BCUT2D eigenvalue weighted by Crippen LogP contribution is -2.50. The maximum Gasteiger partial charge on any atom is 0.219 e. The lowest BCUT2D eigenvalue weighted by molar-refractivity contribution is -0.137. The number of ether oxygens (including phenoxy) is 1. The van der Waals surface area contributed by atoms with Crippen LogP contribution in [-0.2, 0) is 9.53 Å². The van der Waals surface area contributed by atoms with E-state index >= 15 is 0 Å². The van der Waals surface area contributed by atoms with Gasteiger partial charge in [-0.2, -0.15) is 4.52 Å². The minimum atomic E-state index is 0.110. The second-order valence-corrected chi connectivity index (χ2v) is 8.39. The fourth-order valence-electron chi connectivity index (χ4n) is 4.54. The van der Waals surface area contributed by atoms with E-state index in [4.69, 9.17) is 9.84 Å². The number of aromatic nitrogens is 4. The number of rotatable bonds is 4. The van der Waals surface area contributed by atoms with Crippen LogP contribution in [0.3, 0.4) is 0 Å². The molecule has 0 saturated carbocycles. The Labute approximate surface area is 170 Å². The van der Waals surface area contributed by atoms with Crippen molar-refractivity contribution in [3.8, 4) is 0 Å². The molecular weight excluding hydrogens is 370 g/mol. The molecule has 9 nitrogen and oxygen atoms in total. The number of anilines is 1. The Bertz CT molecular complexity index is 873. The van der Waals surface area contributed by atoms with Gasteiger partial charge in [-0.15, -0.1) is 15.3 Å². The highest BCUT2D eigenvalue weighted by Gasteiger charge is 2.29. The van der Waals surface area contributed by atoms with Crippen LogP contribution in [0.4, 0.5) is 5.82 Å². The summed E-state index contributed by atoms with van der Waals surface area (Å²) in [7, 11) is 0. The molecule has 0 radical (unpaired) electrons. The molecule has 3 fully saturated rings. The summed E-state index contributed by atoms with van der Waals surface area (Å²) in [6, 6.07) is 4.07. The zero-order chi connectivity index (χ0) is 19.8. The van der Waals surface area contributed by atoms with Gasteiger partial charge in [0.1, 0.15) is 5.82 Å². The molecule has 0 aromatic carbocycles. The van der Waals surface area contributed by atoms with E-state index in [0.717, 1.165) is 62.9 Å². The van der Waals surface area contributed by atoms with Crippen LogP contribution in [0.15, 0.2) is 12.1 Å². The van der Waals surface area contributed by atoms with Crippen molar-refractivity contribution in [3.05, 3.63) is 18.0 Å². The van der Waals surface area contributed by atoms with Crippen LogP contribution in [-0.4, -0.2) is 94.0 Å². The molecule has 0 aliphatic carbocycles. The van der Waals surface area contributed by atoms with Gasteiger partial charge in [-0.3, -0.25) is 4.79 Å². The van der Waals surface area contributed by atoms with Crippen molar-refractivity contribution in [1.29, 1.82) is 0 Å². The number of morpholine rings is 1. The van der Waals surface area contributed by atoms with Crippen molar-refractivity contribution in [3.63, 3.8) is 0 Å². The number of hydrogen-bond donors (Lipinski definition) is 0. The first-order valence-corrected chi connectivity index (χ1v) is 10.7. The molecule has 5 heterocycles. The van der Waals surface area contributed by atoms with Crippen LogP contribution in [0.25, 0.3) is 5.65 Å². The van der Waals surface area contributed by atoms with Gasteiger partial charge < -0.3 is 19.4 Å². The van der Waals surface area contributed by atoms with E-state index in [-0.39, 0.29) is 12.0 Å². The highest BCUT2D eigenvalue weighted by molar-refractivity contribution is 5.73. The van der Waals surface area contributed by atoms with Crippen LogP contribution in [0.1, 0.15) is 37.9 Å². The average molecular weight is 399 g/mol. The molecule has 29 heavy (non-hydrogen) atoms. The predicted molar refractivity (Wildman–Crippen MR) is 108 cm³/mol. The molecule has 0 N–H and O–H groups in total. The third kappa shape index (κ3) is 3.81. The van der Waals surface area contributed by atoms with Gasteiger partial charge in [-0.1, -0.05) is 0 Å². The van der Waals surface area contributed by atoms with E-state index in [2.05, 4.69) is 20.0 Å². The summed E-state index contributed by atoms with van der Waals surface area (Å²) in [4.78, 5) is 18.3.